The van der Waals surface area contributed by atoms with E-state index >= 15 is 0 Å². The van der Waals surface area contributed by atoms with E-state index in [9.17, 15) is 18.0 Å². The van der Waals surface area contributed by atoms with E-state index in [4.69, 9.17) is 4.74 Å². The molecule has 4 N–H and O–H groups in total. The number of carbonyl (C=O) groups is 2. The predicted molar refractivity (Wildman–Crippen MR) is 172 cm³/mol. The first-order valence-electron chi connectivity index (χ1n) is 14.4. The number of esters is 1. The highest BCUT2D eigenvalue weighted by atomic mass is 32.2. The van der Waals surface area contributed by atoms with Gasteiger partial charge in [-0.05, 0) is 60.7 Å². The number of anilines is 1. The summed E-state index contributed by atoms with van der Waals surface area (Å²) in [4.78, 5) is 30.6. The molecule has 1 atom stereocenters. The number of pyridine rings is 1. The third-order valence-corrected chi connectivity index (χ3v) is 8.92. The molecule has 3 aromatic carbocycles. The van der Waals surface area contributed by atoms with E-state index < -0.39 is 27.9 Å². The molecule has 0 bridgehead atoms. The maximum atomic E-state index is 13.8. The molecule has 1 amide bonds. The number of aromatic amines is 1. The lowest BCUT2D eigenvalue weighted by Gasteiger charge is -2.21. The van der Waals surface area contributed by atoms with Crippen LogP contribution in [-0.2, 0) is 19.6 Å². The second-order valence-electron chi connectivity index (χ2n) is 10.5. The van der Waals surface area contributed by atoms with Crippen LogP contribution in [0, 0.1) is 13.8 Å². The highest BCUT2D eigenvalue weighted by Gasteiger charge is 2.30. The summed E-state index contributed by atoms with van der Waals surface area (Å²) >= 11 is 0. The summed E-state index contributed by atoms with van der Waals surface area (Å²) in [5.74, 6) is -0.623. The maximum Gasteiger partial charge on any atom is 0.326 e. The van der Waals surface area contributed by atoms with Crippen LogP contribution in [0.3, 0.4) is 0 Å². The minimum atomic E-state index is -4.21. The predicted octanol–water partition coefficient (Wildman–Crippen LogP) is 4.36. The molecule has 0 saturated heterocycles. The summed E-state index contributed by atoms with van der Waals surface area (Å²) in [5, 5.41) is 13.3. The van der Waals surface area contributed by atoms with Crippen molar-refractivity contribution < 1.29 is 22.7 Å². The lowest BCUT2D eigenvalue weighted by Crippen LogP contribution is -2.49. The quantitative estimate of drug-likeness (QED) is 0.111. The topological polar surface area (TPSA) is 155 Å². The second-order valence-corrected chi connectivity index (χ2v) is 12.1. The van der Waals surface area contributed by atoms with Gasteiger partial charge in [-0.2, -0.15) is 9.82 Å². The number of para-hydroxylation sites is 1. The molecule has 45 heavy (non-hydrogen) atoms. The number of aromatic nitrogens is 3. The van der Waals surface area contributed by atoms with Gasteiger partial charge in [-0.1, -0.05) is 60.7 Å². The van der Waals surface area contributed by atoms with Gasteiger partial charge in [0.2, 0.25) is 10.0 Å². The second kappa shape index (κ2) is 14.1. The first kappa shape index (κ1) is 31.4. The SMILES string of the molecule is Cc1cc(-c2ccccc2)cc(C)c1S(=O)(=O)NC(CNC(=O)c1cccc2cn[nH]c12)C(=O)OCCCNc1ccccn1. The molecule has 5 aromatic rings. The molecule has 0 aliphatic heterocycles. The van der Waals surface area contributed by atoms with Gasteiger partial charge in [-0.3, -0.25) is 14.7 Å². The number of amides is 1. The van der Waals surface area contributed by atoms with Crippen molar-refractivity contribution in [3.05, 3.63) is 108 Å². The molecule has 0 aliphatic carbocycles. The number of sulfonamides is 1. The van der Waals surface area contributed by atoms with Crippen LogP contribution < -0.4 is 15.4 Å². The zero-order valence-corrected chi connectivity index (χ0v) is 25.7. The Hall–Kier alpha value is -5.07. The number of carbonyl (C=O) groups excluding carboxylic acids is 2. The molecule has 12 heteroatoms. The Balaban J connectivity index is 1.32. The number of H-pyrrole nitrogens is 1. The van der Waals surface area contributed by atoms with Crippen LogP contribution in [0.25, 0.3) is 22.0 Å². The summed E-state index contributed by atoms with van der Waals surface area (Å²) < 4.78 is 35.5. The Bertz CT molecular complexity index is 1870. The van der Waals surface area contributed by atoms with Crippen molar-refractivity contribution in [2.24, 2.45) is 0 Å². The highest BCUT2D eigenvalue weighted by Crippen LogP contribution is 2.28. The average Bonchev–Trinajstić information content (AvgIpc) is 3.52. The summed E-state index contributed by atoms with van der Waals surface area (Å²) in [6.07, 6.45) is 3.71. The first-order valence-corrected chi connectivity index (χ1v) is 15.9. The number of hydrogen-bond donors (Lipinski definition) is 4. The standard InChI is InChI=1S/C33H34N6O5S/c1-22-18-26(24-10-4-3-5-11-24)19-23(2)31(22)45(42,43)39-28(33(41)44-17-9-16-35-29-14-6-7-15-34-29)21-36-32(40)27-13-8-12-25-20-37-38-30(25)27/h3-8,10-15,18-20,28,39H,9,16-17,21H2,1-2H3,(H,34,35)(H,36,40)(H,37,38). The number of benzene rings is 3. The first-order chi connectivity index (χ1) is 21.7. The van der Waals surface area contributed by atoms with Crippen LogP contribution in [-0.4, -0.2) is 61.2 Å². The molecule has 2 heterocycles. The number of hydrogen-bond acceptors (Lipinski definition) is 8. The molecule has 0 saturated carbocycles. The molecule has 2 aromatic heterocycles. The summed E-state index contributed by atoms with van der Waals surface area (Å²) in [6, 6.07) is 22.5. The number of fused-ring (bicyclic) bond motifs is 1. The fourth-order valence-corrected chi connectivity index (χ4v) is 6.71. The van der Waals surface area contributed by atoms with Gasteiger partial charge in [-0.25, -0.2) is 13.4 Å². The largest absolute Gasteiger partial charge is 0.464 e. The smallest absolute Gasteiger partial charge is 0.326 e. The van der Waals surface area contributed by atoms with Gasteiger partial charge >= 0.3 is 5.97 Å². The highest BCUT2D eigenvalue weighted by molar-refractivity contribution is 7.89. The fourth-order valence-electron chi connectivity index (χ4n) is 5.07. The van der Waals surface area contributed by atoms with Gasteiger partial charge in [0.05, 0.1) is 28.8 Å². The zero-order chi connectivity index (χ0) is 31.8. The van der Waals surface area contributed by atoms with E-state index in [2.05, 4.69) is 30.5 Å². The molecule has 0 aliphatic rings. The minimum absolute atomic E-state index is 0.0299. The fraction of sp³-hybridized carbons (Fsp3) is 0.212. The van der Waals surface area contributed by atoms with Gasteiger partial charge in [0.25, 0.3) is 5.91 Å². The third-order valence-electron chi connectivity index (χ3n) is 7.14. The van der Waals surface area contributed by atoms with Crippen molar-refractivity contribution >= 4 is 38.6 Å². The Morgan fingerprint density at radius 1 is 0.933 bits per heavy atom. The van der Waals surface area contributed by atoms with E-state index in [0.717, 1.165) is 16.5 Å². The monoisotopic (exact) mass is 626 g/mol. The van der Waals surface area contributed by atoms with E-state index in [1.807, 2.05) is 48.5 Å². The Morgan fingerprint density at radius 3 is 2.42 bits per heavy atom. The van der Waals surface area contributed by atoms with E-state index in [-0.39, 0.29) is 18.0 Å². The maximum absolute atomic E-state index is 13.8. The normalized spacial score (nSPS) is 12.0. The van der Waals surface area contributed by atoms with Crippen molar-refractivity contribution in [3.63, 3.8) is 0 Å². The van der Waals surface area contributed by atoms with Crippen LogP contribution in [0.15, 0.2) is 96.2 Å². The van der Waals surface area contributed by atoms with Crippen molar-refractivity contribution in [1.29, 1.82) is 0 Å². The molecular formula is C33H34N6O5S. The van der Waals surface area contributed by atoms with Gasteiger partial charge in [0, 0.05) is 24.7 Å². The van der Waals surface area contributed by atoms with Crippen molar-refractivity contribution in [2.45, 2.75) is 31.2 Å². The summed E-state index contributed by atoms with van der Waals surface area (Å²) in [7, 11) is -4.21. The number of nitrogens with zero attached hydrogens (tertiary/aromatic N) is 2. The third kappa shape index (κ3) is 7.72. The van der Waals surface area contributed by atoms with Crippen LogP contribution in [0.4, 0.5) is 5.82 Å². The molecule has 5 rings (SSSR count). The molecule has 1 unspecified atom stereocenters. The number of rotatable bonds is 13. The lowest BCUT2D eigenvalue weighted by atomic mass is 10.0. The van der Waals surface area contributed by atoms with Gasteiger partial charge < -0.3 is 15.4 Å². The Kier molecular flexibility index (Phi) is 9.86. The summed E-state index contributed by atoms with van der Waals surface area (Å²) in [6.45, 7) is 3.60. The Labute approximate surface area is 261 Å². The minimum Gasteiger partial charge on any atom is -0.464 e. The van der Waals surface area contributed by atoms with Crippen LogP contribution in [0.5, 0.6) is 0 Å². The van der Waals surface area contributed by atoms with Crippen LogP contribution in [0.1, 0.15) is 27.9 Å². The average molecular weight is 627 g/mol. The van der Waals surface area contributed by atoms with Crippen LogP contribution >= 0.6 is 0 Å². The lowest BCUT2D eigenvalue weighted by molar-refractivity contribution is -0.145. The van der Waals surface area contributed by atoms with Gasteiger partial charge in [-0.15, -0.1) is 0 Å². The Morgan fingerprint density at radius 2 is 1.69 bits per heavy atom. The molecule has 232 valence electrons. The molecule has 11 nitrogen and oxygen atoms in total. The number of nitrogens with one attached hydrogen (secondary N) is 4. The zero-order valence-electron chi connectivity index (χ0n) is 24.9. The van der Waals surface area contributed by atoms with E-state index in [1.165, 1.54) is 0 Å². The summed E-state index contributed by atoms with van der Waals surface area (Å²) in [5.41, 5.74) is 3.70. The number of ether oxygens (including phenoxy) is 1. The van der Waals surface area contributed by atoms with Crippen LogP contribution in [0.2, 0.25) is 0 Å². The van der Waals surface area contributed by atoms with Gasteiger partial charge in [0.1, 0.15) is 11.9 Å². The molecule has 0 radical (unpaired) electrons. The van der Waals surface area contributed by atoms with Crippen molar-refractivity contribution in [3.8, 4) is 11.1 Å². The molecular weight excluding hydrogens is 592 g/mol. The molecule has 0 spiro atoms. The van der Waals surface area contributed by atoms with Crippen molar-refractivity contribution in [1.82, 2.24) is 25.2 Å². The number of aryl methyl sites for hydroxylation is 2. The van der Waals surface area contributed by atoms with Crippen molar-refractivity contribution in [2.75, 3.05) is 25.0 Å². The molecule has 0 fully saturated rings. The van der Waals surface area contributed by atoms with Gasteiger partial charge in [0.15, 0.2) is 0 Å². The van der Waals surface area contributed by atoms with E-state index in [1.54, 1.807) is 56.6 Å². The van der Waals surface area contributed by atoms with E-state index in [0.29, 0.717) is 41.0 Å².